The predicted molar refractivity (Wildman–Crippen MR) is 124 cm³/mol. The Balaban J connectivity index is 2.02. The number of carbonyl (C=O) groups is 3. The van der Waals surface area contributed by atoms with Crippen LogP contribution in [0, 0.1) is 35.5 Å². The Bertz CT molecular complexity index is 914. The molecule has 1 heterocycles. The summed E-state index contributed by atoms with van der Waals surface area (Å²) in [5.74, 6) is -1.56. The number of aliphatic hydroxyl groups excluding tert-OH is 1. The molecule has 2 fully saturated rings. The monoisotopic (exact) mass is 459 g/mol. The summed E-state index contributed by atoms with van der Waals surface area (Å²) in [7, 11) is 1.14. The van der Waals surface area contributed by atoms with Crippen LogP contribution in [0.4, 0.5) is 0 Å². The first kappa shape index (κ1) is 25.2. The molecule has 7 heteroatoms. The van der Waals surface area contributed by atoms with Crippen molar-refractivity contribution in [2.24, 2.45) is 35.5 Å². The van der Waals surface area contributed by atoms with Crippen LogP contribution in [-0.4, -0.2) is 46.6 Å². The summed E-state index contributed by atoms with van der Waals surface area (Å²) >= 11 is 0. The predicted octanol–water partition coefficient (Wildman–Crippen LogP) is 3.25. The Morgan fingerprint density at radius 2 is 1.94 bits per heavy atom. The molecule has 1 saturated carbocycles. The smallest absolute Gasteiger partial charge is 0.337 e. The van der Waals surface area contributed by atoms with Gasteiger partial charge in [-0.05, 0) is 57.3 Å². The zero-order valence-corrected chi connectivity index (χ0v) is 20.4. The molecule has 2 aliphatic carbocycles. The number of methoxy groups -OCH3 is 1. The number of allylic oxidation sites excluding steroid dienone is 5. The van der Waals surface area contributed by atoms with Crippen LogP contribution >= 0.6 is 0 Å². The number of hydrogen-bond donors (Lipinski definition) is 3. The van der Waals surface area contributed by atoms with Gasteiger partial charge in [0, 0.05) is 18.3 Å². The third-order valence-electron chi connectivity index (χ3n) is 7.84. The molecule has 3 rings (SSSR count). The number of amides is 1. The fraction of sp³-hybridized carbons (Fsp3) is 0.654. The maximum Gasteiger partial charge on any atom is 0.337 e. The van der Waals surface area contributed by atoms with Crippen LogP contribution in [-0.2, 0) is 19.1 Å². The molecule has 1 amide bonds. The Kier molecular flexibility index (Phi) is 7.22. The lowest BCUT2D eigenvalue weighted by Crippen LogP contribution is -2.44. The Morgan fingerprint density at radius 1 is 1.27 bits per heavy atom. The zero-order chi connectivity index (χ0) is 24.7. The largest absolute Gasteiger partial charge is 0.511 e. The maximum atomic E-state index is 13.2. The fourth-order valence-corrected chi connectivity index (χ4v) is 6.20. The first-order valence-electron chi connectivity index (χ1n) is 11.8. The Morgan fingerprint density at radius 3 is 2.55 bits per heavy atom. The number of aliphatic hydroxyl groups is 2. The van der Waals surface area contributed by atoms with Gasteiger partial charge in [0.15, 0.2) is 11.4 Å². The number of esters is 1. The van der Waals surface area contributed by atoms with E-state index in [4.69, 9.17) is 0 Å². The lowest BCUT2D eigenvalue weighted by molar-refractivity contribution is -0.161. The second kappa shape index (κ2) is 9.45. The van der Waals surface area contributed by atoms with E-state index in [0.717, 1.165) is 25.5 Å². The number of rotatable bonds is 5. The van der Waals surface area contributed by atoms with Crippen LogP contribution in [0.1, 0.15) is 53.9 Å². The third-order valence-corrected chi connectivity index (χ3v) is 7.84. The summed E-state index contributed by atoms with van der Waals surface area (Å²) in [5, 5.41) is 24.5. The second-order valence-corrected chi connectivity index (χ2v) is 10.4. The average molecular weight is 460 g/mol. The second-order valence-electron chi connectivity index (χ2n) is 10.4. The highest BCUT2D eigenvalue weighted by Gasteiger charge is 2.50. The van der Waals surface area contributed by atoms with Gasteiger partial charge in [0.05, 0.1) is 13.2 Å². The number of ether oxygens (including phenoxy) is 1. The number of fused-ring (bicyclic) bond motifs is 1. The topological polar surface area (TPSA) is 113 Å². The first-order valence-corrected chi connectivity index (χ1v) is 11.8. The van der Waals surface area contributed by atoms with E-state index in [-0.39, 0.29) is 41.4 Å². The molecule has 8 unspecified atom stereocenters. The van der Waals surface area contributed by atoms with Crippen molar-refractivity contribution in [1.82, 2.24) is 5.32 Å². The highest BCUT2D eigenvalue weighted by atomic mass is 16.5. The molecule has 0 radical (unpaired) electrons. The standard InChI is InChI=1S/C26H37NO6/c1-7-14(3)17-9-8-16-11-13(2)10-15(4)19(16)20(17)23(29)21-22(28)18(27-24(21)30)12-26(5,32)25(31)33-6/h7-9,13,15-20,29,32H,10-12H2,1-6H3,(H,27,30). The van der Waals surface area contributed by atoms with Gasteiger partial charge < -0.3 is 20.3 Å². The average Bonchev–Trinajstić information content (AvgIpc) is 3.03. The Hall–Kier alpha value is -2.41. The van der Waals surface area contributed by atoms with Crippen LogP contribution in [0.3, 0.4) is 0 Å². The van der Waals surface area contributed by atoms with E-state index in [2.05, 4.69) is 36.1 Å². The van der Waals surface area contributed by atoms with Crippen LogP contribution in [0.5, 0.6) is 0 Å². The van der Waals surface area contributed by atoms with Crippen molar-refractivity contribution in [1.29, 1.82) is 0 Å². The first-order chi connectivity index (χ1) is 15.4. The van der Waals surface area contributed by atoms with Crippen molar-refractivity contribution in [2.45, 2.75) is 65.5 Å². The van der Waals surface area contributed by atoms with Crippen molar-refractivity contribution in [3.8, 4) is 0 Å². The summed E-state index contributed by atoms with van der Waals surface area (Å²) in [6.45, 7) is 9.62. The van der Waals surface area contributed by atoms with E-state index >= 15 is 0 Å². The van der Waals surface area contributed by atoms with E-state index in [1.54, 1.807) is 0 Å². The van der Waals surface area contributed by atoms with Crippen LogP contribution in [0.2, 0.25) is 0 Å². The molecule has 7 nitrogen and oxygen atoms in total. The van der Waals surface area contributed by atoms with Crippen molar-refractivity contribution in [2.75, 3.05) is 7.11 Å². The lowest BCUT2D eigenvalue weighted by Gasteiger charge is -2.47. The number of hydrogen-bond acceptors (Lipinski definition) is 6. The highest BCUT2D eigenvalue weighted by molar-refractivity contribution is 6.27. The molecular weight excluding hydrogens is 422 g/mol. The van der Waals surface area contributed by atoms with Gasteiger partial charge in [-0.15, -0.1) is 0 Å². The SMILES string of the molecule is CC=C(C)C1C=CC2CC(C)CC(C)C2C1C(O)=C1C(=O)NC(CC(C)(O)C(=O)OC)C1=O. The molecule has 0 aromatic carbocycles. The molecule has 3 N–H and O–H groups in total. The molecule has 0 bridgehead atoms. The fourth-order valence-electron chi connectivity index (χ4n) is 6.20. The molecule has 8 atom stereocenters. The van der Waals surface area contributed by atoms with Crippen LogP contribution < -0.4 is 5.32 Å². The molecule has 182 valence electrons. The number of Topliss-reactive ketones (excluding diaryl/α,β-unsaturated/α-hetero) is 1. The molecule has 1 saturated heterocycles. The molecule has 1 aliphatic heterocycles. The van der Waals surface area contributed by atoms with E-state index < -0.39 is 29.3 Å². The number of carbonyl (C=O) groups excluding carboxylic acids is 3. The van der Waals surface area contributed by atoms with Crippen molar-refractivity contribution in [3.63, 3.8) is 0 Å². The highest BCUT2D eigenvalue weighted by Crippen LogP contribution is 2.51. The van der Waals surface area contributed by atoms with Crippen molar-refractivity contribution >= 4 is 17.7 Å². The van der Waals surface area contributed by atoms with Crippen LogP contribution in [0.25, 0.3) is 0 Å². The van der Waals surface area contributed by atoms with Gasteiger partial charge >= 0.3 is 5.97 Å². The van der Waals surface area contributed by atoms with E-state index in [0.29, 0.717) is 11.8 Å². The summed E-state index contributed by atoms with van der Waals surface area (Å²) < 4.78 is 4.60. The third kappa shape index (κ3) is 4.65. The number of nitrogens with one attached hydrogen (secondary N) is 1. The van der Waals surface area contributed by atoms with Gasteiger partial charge in [0.25, 0.3) is 5.91 Å². The molecule has 3 aliphatic rings. The summed E-state index contributed by atoms with van der Waals surface area (Å²) in [4.78, 5) is 38.0. The van der Waals surface area contributed by atoms with Crippen LogP contribution in [0.15, 0.2) is 35.1 Å². The molecule has 33 heavy (non-hydrogen) atoms. The van der Waals surface area contributed by atoms with Crippen molar-refractivity contribution < 1.29 is 29.3 Å². The van der Waals surface area contributed by atoms with E-state index in [1.807, 2.05) is 19.9 Å². The summed E-state index contributed by atoms with van der Waals surface area (Å²) in [6, 6.07) is -1.11. The minimum atomic E-state index is -1.94. The summed E-state index contributed by atoms with van der Waals surface area (Å²) in [6.07, 6.45) is 8.07. The van der Waals surface area contributed by atoms with E-state index in [9.17, 15) is 24.6 Å². The molecular formula is C26H37NO6. The van der Waals surface area contributed by atoms with Gasteiger partial charge in [-0.3, -0.25) is 9.59 Å². The van der Waals surface area contributed by atoms with Crippen molar-refractivity contribution in [3.05, 3.63) is 35.1 Å². The number of ketones is 1. The lowest BCUT2D eigenvalue weighted by atomic mass is 9.57. The van der Waals surface area contributed by atoms with E-state index in [1.165, 1.54) is 6.92 Å². The maximum absolute atomic E-state index is 13.2. The molecule has 0 aromatic heterocycles. The molecule has 0 aromatic rings. The quantitative estimate of drug-likeness (QED) is 0.191. The normalized spacial score (nSPS) is 37.8. The van der Waals surface area contributed by atoms with Gasteiger partial charge in [-0.1, -0.05) is 37.6 Å². The zero-order valence-electron chi connectivity index (χ0n) is 20.4. The van der Waals surface area contributed by atoms with Gasteiger partial charge in [0.2, 0.25) is 0 Å². The van der Waals surface area contributed by atoms with Gasteiger partial charge in [-0.25, -0.2) is 4.79 Å². The van der Waals surface area contributed by atoms with Gasteiger partial charge in [0.1, 0.15) is 11.3 Å². The van der Waals surface area contributed by atoms with Gasteiger partial charge in [-0.2, -0.15) is 0 Å². The molecule has 0 spiro atoms. The minimum Gasteiger partial charge on any atom is -0.511 e. The summed E-state index contributed by atoms with van der Waals surface area (Å²) in [5.41, 5.74) is -1.12. The Labute approximate surface area is 196 Å². The minimum absolute atomic E-state index is 0.108.